The molecule has 10 aromatic carbocycles. The van der Waals surface area contributed by atoms with Crippen LogP contribution in [0, 0.1) is 0 Å². The van der Waals surface area contributed by atoms with Crippen molar-refractivity contribution in [3.05, 3.63) is 216 Å². The summed E-state index contributed by atoms with van der Waals surface area (Å²) >= 11 is 0. The second kappa shape index (κ2) is 12.6. The van der Waals surface area contributed by atoms with Gasteiger partial charge in [-0.15, -0.1) is 0 Å². The number of fused-ring (bicyclic) bond motifs is 12. The van der Waals surface area contributed by atoms with Crippen LogP contribution in [-0.2, 0) is 10.8 Å². The molecule has 2 heteroatoms. The zero-order valence-electron chi connectivity index (χ0n) is 35.4. The molecule has 0 saturated carbocycles. The molecule has 11 aromatic rings. The van der Waals surface area contributed by atoms with Gasteiger partial charge in [0.25, 0.3) is 0 Å². The first kappa shape index (κ1) is 35.3. The topological polar surface area (TPSA) is 8.17 Å². The first-order chi connectivity index (χ1) is 30.3. The Morgan fingerprint density at radius 3 is 1.31 bits per heavy atom. The summed E-state index contributed by atoms with van der Waals surface area (Å²) in [7, 11) is 0. The number of benzene rings is 10. The van der Waals surface area contributed by atoms with Crippen LogP contribution in [0.4, 0.5) is 17.1 Å². The van der Waals surface area contributed by atoms with E-state index < -0.39 is 0 Å². The lowest BCUT2D eigenvalue weighted by Crippen LogP contribution is -2.18. The maximum atomic E-state index is 2.53. The molecule has 62 heavy (non-hydrogen) atoms. The van der Waals surface area contributed by atoms with Gasteiger partial charge < -0.3 is 9.47 Å². The highest BCUT2D eigenvalue weighted by molar-refractivity contribution is 6.18. The van der Waals surface area contributed by atoms with Gasteiger partial charge in [0.15, 0.2) is 0 Å². The fourth-order valence-corrected chi connectivity index (χ4v) is 11.4. The standard InChI is InChI=1S/C60H44N2/c1-59(2)51-23-11-9-19-43(51)45-29-27-41(35-53(45)59)61(42-28-30-46-44-20-10-12-24-52(44)60(3,4)54(46)36-42)55-25-13-22-48-47(55)21-14-26-56(48)62-57-33-39-17-7-5-15-37(39)31-49(57)50-32-38-16-6-8-18-40(38)34-58(50)62/h5-36H,1-4H3. The smallest absolute Gasteiger partial charge is 0.0547 e. The van der Waals surface area contributed by atoms with Crippen molar-refractivity contribution in [1.82, 2.24) is 4.57 Å². The molecule has 0 unspecified atom stereocenters. The molecule has 0 saturated heterocycles. The molecule has 0 radical (unpaired) electrons. The second-order valence-electron chi connectivity index (χ2n) is 18.6. The Kier molecular flexibility index (Phi) is 7.16. The lowest BCUT2D eigenvalue weighted by Gasteiger charge is -2.30. The summed E-state index contributed by atoms with van der Waals surface area (Å²) < 4.78 is 2.52. The predicted octanol–water partition coefficient (Wildman–Crippen LogP) is 16.3. The Bertz CT molecular complexity index is 3510. The summed E-state index contributed by atoms with van der Waals surface area (Å²) in [5.41, 5.74) is 17.6. The number of hydrogen-bond acceptors (Lipinski definition) is 1. The molecule has 1 aromatic heterocycles. The van der Waals surface area contributed by atoms with Gasteiger partial charge in [0, 0.05) is 43.7 Å². The lowest BCUT2D eigenvalue weighted by atomic mass is 9.82. The number of anilines is 3. The van der Waals surface area contributed by atoms with Gasteiger partial charge in [-0.1, -0.05) is 161 Å². The van der Waals surface area contributed by atoms with Gasteiger partial charge in [-0.25, -0.2) is 0 Å². The molecule has 2 aliphatic rings. The quantitative estimate of drug-likeness (QED) is 0.172. The predicted molar refractivity (Wildman–Crippen MR) is 263 cm³/mol. The van der Waals surface area contributed by atoms with E-state index in [1.807, 2.05) is 0 Å². The van der Waals surface area contributed by atoms with Crippen LogP contribution >= 0.6 is 0 Å². The Labute approximate surface area is 361 Å². The van der Waals surface area contributed by atoms with E-state index in [2.05, 4.69) is 231 Å². The minimum Gasteiger partial charge on any atom is -0.310 e. The molecular weight excluding hydrogens is 749 g/mol. The van der Waals surface area contributed by atoms with Gasteiger partial charge in [-0.2, -0.15) is 0 Å². The molecule has 0 bridgehead atoms. The van der Waals surface area contributed by atoms with Crippen molar-refractivity contribution in [2.75, 3.05) is 4.90 Å². The third kappa shape index (κ3) is 4.81. The lowest BCUT2D eigenvalue weighted by molar-refractivity contribution is 0.660. The Hall–Kier alpha value is -7.42. The zero-order chi connectivity index (χ0) is 41.5. The SMILES string of the molecule is CC1(C)c2ccccc2-c2ccc(N(c3ccc4c(c3)C(C)(C)c3ccccc3-4)c3cccc4c(-n5c6cc7ccccc7cc6c6cc7ccccc7cc65)cccc34)cc21. The summed E-state index contributed by atoms with van der Waals surface area (Å²) in [5.74, 6) is 0. The molecule has 0 fully saturated rings. The largest absolute Gasteiger partial charge is 0.310 e. The highest BCUT2D eigenvalue weighted by atomic mass is 15.1. The fourth-order valence-electron chi connectivity index (χ4n) is 11.4. The van der Waals surface area contributed by atoms with Gasteiger partial charge in [-0.3, -0.25) is 0 Å². The van der Waals surface area contributed by atoms with Crippen molar-refractivity contribution in [2.45, 2.75) is 38.5 Å². The minimum absolute atomic E-state index is 0.133. The number of aromatic nitrogens is 1. The van der Waals surface area contributed by atoms with Gasteiger partial charge in [0.1, 0.15) is 0 Å². The van der Waals surface area contributed by atoms with E-state index in [0.29, 0.717) is 0 Å². The molecule has 0 amide bonds. The average molecular weight is 793 g/mol. The van der Waals surface area contributed by atoms with Crippen molar-refractivity contribution >= 4 is 71.2 Å². The van der Waals surface area contributed by atoms with E-state index >= 15 is 0 Å². The van der Waals surface area contributed by atoms with Crippen molar-refractivity contribution in [3.8, 4) is 27.9 Å². The van der Waals surface area contributed by atoms with Gasteiger partial charge in [0.05, 0.1) is 22.4 Å². The van der Waals surface area contributed by atoms with Crippen LogP contribution in [0.5, 0.6) is 0 Å². The van der Waals surface area contributed by atoms with Gasteiger partial charge >= 0.3 is 0 Å². The first-order valence-electron chi connectivity index (χ1n) is 21.9. The highest BCUT2D eigenvalue weighted by Gasteiger charge is 2.38. The summed E-state index contributed by atoms with van der Waals surface area (Å²) in [5, 5.41) is 9.93. The molecule has 13 rings (SSSR count). The van der Waals surface area contributed by atoms with E-state index in [0.717, 1.165) is 17.1 Å². The van der Waals surface area contributed by atoms with Crippen molar-refractivity contribution in [3.63, 3.8) is 0 Å². The highest BCUT2D eigenvalue weighted by Crippen LogP contribution is 2.54. The van der Waals surface area contributed by atoms with E-state index in [1.165, 1.54) is 104 Å². The molecule has 2 nitrogen and oxygen atoms in total. The summed E-state index contributed by atoms with van der Waals surface area (Å²) in [4.78, 5) is 2.53. The van der Waals surface area contributed by atoms with E-state index in [4.69, 9.17) is 0 Å². The van der Waals surface area contributed by atoms with E-state index in [-0.39, 0.29) is 10.8 Å². The fraction of sp³-hybridized carbons (Fsp3) is 0.100. The maximum Gasteiger partial charge on any atom is 0.0547 e. The zero-order valence-corrected chi connectivity index (χ0v) is 35.4. The van der Waals surface area contributed by atoms with Gasteiger partial charge in [0.2, 0.25) is 0 Å². The van der Waals surface area contributed by atoms with Crippen LogP contribution in [0.25, 0.3) is 82.1 Å². The van der Waals surface area contributed by atoms with Crippen LogP contribution in [0.3, 0.4) is 0 Å². The molecule has 0 N–H and O–H groups in total. The molecule has 0 atom stereocenters. The summed E-state index contributed by atoms with van der Waals surface area (Å²) in [6, 6.07) is 73.1. The third-order valence-electron chi connectivity index (χ3n) is 14.5. The van der Waals surface area contributed by atoms with Crippen LogP contribution < -0.4 is 4.90 Å². The second-order valence-corrected chi connectivity index (χ2v) is 18.6. The van der Waals surface area contributed by atoms with Crippen LogP contribution in [-0.4, -0.2) is 4.57 Å². The molecular formula is C60H44N2. The first-order valence-corrected chi connectivity index (χ1v) is 21.9. The van der Waals surface area contributed by atoms with Crippen molar-refractivity contribution < 1.29 is 0 Å². The molecule has 294 valence electrons. The van der Waals surface area contributed by atoms with E-state index in [1.54, 1.807) is 0 Å². The number of hydrogen-bond donors (Lipinski definition) is 0. The summed E-state index contributed by atoms with van der Waals surface area (Å²) in [6.07, 6.45) is 0. The minimum atomic E-state index is -0.133. The number of nitrogens with zero attached hydrogens (tertiary/aromatic N) is 2. The van der Waals surface area contributed by atoms with Crippen LogP contribution in [0.1, 0.15) is 49.9 Å². The number of rotatable bonds is 4. The Morgan fingerprint density at radius 2 is 0.774 bits per heavy atom. The van der Waals surface area contributed by atoms with Crippen LogP contribution in [0.2, 0.25) is 0 Å². The monoisotopic (exact) mass is 792 g/mol. The maximum absolute atomic E-state index is 2.53. The molecule has 0 aliphatic heterocycles. The average Bonchev–Trinajstić information content (AvgIpc) is 3.82. The third-order valence-corrected chi connectivity index (χ3v) is 14.5. The van der Waals surface area contributed by atoms with Crippen LogP contribution in [0.15, 0.2) is 194 Å². The summed E-state index contributed by atoms with van der Waals surface area (Å²) in [6.45, 7) is 9.51. The Balaban J connectivity index is 1.08. The van der Waals surface area contributed by atoms with Crippen molar-refractivity contribution in [2.24, 2.45) is 0 Å². The van der Waals surface area contributed by atoms with Gasteiger partial charge in [-0.05, 0) is 127 Å². The van der Waals surface area contributed by atoms with E-state index in [9.17, 15) is 0 Å². The molecule has 1 heterocycles. The molecule has 0 spiro atoms. The molecule has 2 aliphatic carbocycles. The normalized spacial score (nSPS) is 14.4. The van der Waals surface area contributed by atoms with Crippen molar-refractivity contribution in [1.29, 1.82) is 0 Å². The Morgan fingerprint density at radius 1 is 0.339 bits per heavy atom.